The second-order valence-corrected chi connectivity index (χ2v) is 5.20. The Morgan fingerprint density at radius 3 is 2.76 bits per heavy atom. The fourth-order valence-electron chi connectivity index (χ4n) is 1.95. The lowest BCUT2D eigenvalue weighted by Gasteiger charge is -2.07. The molecule has 0 aliphatic carbocycles. The van der Waals surface area contributed by atoms with Gasteiger partial charge in [-0.15, -0.1) is 0 Å². The smallest absolute Gasteiger partial charge is 0.151 e. The van der Waals surface area contributed by atoms with Gasteiger partial charge in [-0.1, -0.05) is 38.6 Å². The number of ketones is 1. The van der Waals surface area contributed by atoms with E-state index in [0.717, 1.165) is 29.8 Å². The van der Waals surface area contributed by atoms with E-state index < -0.39 is 0 Å². The number of allylic oxidation sites excluding steroid dienone is 1. The van der Waals surface area contributed by atoms with E-state index >= 15 is 0 Å². The molecule has 0 amide bonds. The van der Waals surface area contributed by atoms with Gasteiger partial charge in [0.25, 0.3) is 0 Å². The van der Waals surface area contributed by atoms with E-state index in [9.17, 15) is 4.79 Å². The minimum absolute atomic E-state index is 0.230. The predicted octanol–water partition coefficient (Wildman–Crippen LogP) is 3.99. The van der Waals surface area contributed by atoms with Crippen molar-refractivity contribution in [2.75, 3.05) is 6.54 Å². The third kappa shape index (κ3) is 6.39. The molecular weight excluding hydrogens is 260 g/mol. The van der Waals surface area contributed by atoms with Crippen LogP contribution in [-0.2, 0) is 11.3 Å². The van der Waals surface area contributed by atoms with Gasteiger partial charge < -0.3 is 5.32 Å². The molecule has 114 valence electrons. The fourth-order valence-corrected chi connectivity index (χ4v) is 1.95. The van der Waals surface area contributed by atoms with Crippen LogP contribution in [0.4, 0.5) is 0 Å². The van der Waals surface area contributed by atoms with Crippen molar-refractivity contribution in [2.45, 2.75) is 46.6 Å². The van der Waals surface area contributed by atoms with Crippen LogP contribution in [0.1, 0.15) is 51.2 Å². The summed E-state index contributed by atoms with van der Waals surface area (Å²) in [6, 6.07) is 8.30. The Labute approximate surface area is 128 Å². The van der Waals surface area contributed by atoms with Gasteiger partial charge in [-0.3, -0.25) is 9.79 Å². The van der Waals surface area contributed by atoms with Crippen LogP contribution < -0.4 is 5.32 Å². The zero-order chi connectivity index (χ0) is 15.7. The minimum atomic E-state index is 0.230. The molecule has 0 fully saturated rings. The number of nitrogens with zero attached hydrogens (tertiary/aromatic N) is 1. The highest BCUT2D eigenvalue weighted by atomic mass is 16.1. The highest BCUT2D eigenvalue weighted by molar-refractivity contribution is 5.87. The summed E-state index contributed by atoms with van der Waals surface area (Å²) in [5, 5.41) is 3.07. The summed E-state index contributed by atoms with van der Waals surface area (Å²) >= 11 is 0. The van der Waals surface area contributed by atoms with Gasteiger partial charge in [-0.05, 0) is 42.5 Å². The quantitative estimate of drug-likeness (QED) is 0.580. The number of benzene rings is 1. The largest absolute Gasteiger partial charge is 0.367 e. The molecule has 21 heavy (non-hydrogen) atoms. The van der Waals surface area contributed by atoms with Gasteiger partial charge in [0, 0.05) is 6.42 Å². The van der Waals surface area contributed by atoms with Crippen molar-refractivity contribution < 1.29 is 4.79 Å². The maximum Gasteiger partial charge on any atom is 0.151 e. The zero-order valence-electron chi connectivity index (χ0n) is 13.4. The average molecular weight is 286 g/mol. The molecule has 1 aromatic rings. The Morgan fingerprint density at radius 1 is 1.33 bits per heavy atom. The highest BCUT2D eigenvalue weighted by Crippen LogP contribution is 2.17. The molecule has 0 saturated heterocycles. The van der Waals surface area contributed by atoms with Crippen LogP contribution in [0, 0.1) is 0 Å². The molecule has 0 aliphatic rings. The Hall–Kier alpha value is -1.90. The molecule has 1 aromatic carbocycles. The summed E-state index contributed by atoms with van der Waals surface area (Å²) in [7, 11) is 0. The molecule has 1 N–H and O–H groups in total. The first-order valence-electron chi connectivity index (χ1n) is 7.60. The molecule has 0 heterocycles. The van der Waals surface area contributed by atoms with Crippen LogP contribution in [0.2, 0.25) is 0 Å². The van der Waals surface area contributed by atoms with Crippen molar-refractivity contribution in [3.8, 4) is 0 Å². The number of hydrogen-bond acceptors (Lipinski definition) is 2. The second kappa shape index (κ2) is 9.11. The minimum Gasteiger partial charge on any atom is -0.367 e. The van der Waals surface area contributed by atoms with Crippen LogP contribution >= 0.6 is 0 Å². The third-order valence-corrected chi connectivity index (χ3v) is 3.33. The molecule has 0 aromatic heterocycles. The number of rotatable bonds is 8. The Kier molecular flexibility index (Phi) is 7.44. The van der Waals surface area contributed by atoms with E-state index in [0.29, 0.717) is 19.5 Å². The van der Waals surface area contributed by atoms with Gasteiger partial charge >= 0.3 is 0 Å². The SMILES string of the molecule is C=C(CC)c1cccc(CN=C(C)NCC(=O)CCC)c1. The normalized spacial score (nSPS) is 11.3. The van der Waals surface area contributed by atoms with E-state index in [1.165, 1.54) is 5.56 Å². The zero-order valence-corrected chi connectivity index (χ0v) is 13.4. The number of aliphatic imine (C=N–C) groups is 1. The molecule has 0 bridgehead atoms. The van der Waals surface area contributed by atoms with Crippen LogP contribution in [0.5, 0.6) is 0 Å². The molecule has 3 heteroatoms. The molecule has 0 aliphatic heterocycles. The van der Waals surface area contributed by atoms with Crippen molar-refractivity contribution in [2.24, 2.45) is 4.99 Å². The van der Waals surface area contributed by atoms with E-state index in [-0.39, 0.29) is 5.78 Å². The average Bonchev–Trinajstić information content (AvgIpc) is 2.50. The van der Waals surface area contributed by atoms with E-state index in [1.54, 1.807) is 0 Å². The maximum atomic E-state index is 11.4. The number of carbonyl (C=O) groups is 1. The number of carbonyl (C=O) groups excluding carboxylic acids is 1. The van der Waals surface area contributed by atoms with Crippen LogP contribution in [0.15, 0.2) is 35.8 Å². The first kappa shape index (κ1) is 17.2. The third-order valence-electron chi connectivity index (χ3n) is 3.33. The summed E-state index contributed by atoms with van der Waals surface area (Å²) in [6.07, 6.45) is 2.47. The Morgan fingerprint density at radius 2 is 2.10 bits per heavy atom. The summed E-state index contributed by atoms with van der Waals surface area (Å²) in [4.78, 5) is 15.9. The monoisotopic (exact) mass is 286 g/mol. The van der Waals surface area contributed by atoms with Crippen LogP contribution in [0.25, 0.3) is 5.57 Å². The van der Waals surface area contributed by atoms with E-state index in [4.69, 9.17) is 0 Å². The van der Waals surface area contributed by atoms with Crippen molar-refractivity contribution in [1.82, 2.24) is 5.32 Å². The molecule has 0 atom stereocenters. The standard InChI is InChI=1S/C18H26N2O/c1-5-8-18(21)13-20-15(4)19-12-16-9-7-10-17(11-16)14(3)6-2/h7,9-11H,3,5-6,8,12-13H2,1-2,4H3,(H,19,20). The van der Waals surface area contributed by atoms with E-state index in [2.05, 4.69) is 42.0 Å². The number of amidine groups is 1. The summed E-state index contributed by atoms with van der Waals surface area (Å²) < 4.78 is 0. The number of Topliss-reactive ketones (excluding diaryl/α,β-unsaturated/α-hetero) is 1. The van der Waals surface area contributed by atoms with Crippen LogP contribution in [0.3, 0.4) is 0 Å². The lowest BCUT2D eigenvalue weighted by atomic mass is 10.0. The molecule has 0 spiro atoms. The van der Waals surface area contributed by atoms with Gasteiger partial charge in [-0.25, -0.2) is 0 Å². The lowest BCUT2D eigenvalue weighted by molar-refractivity contribution is -0.118. The molecule has 1 rings (SSSR count). The molecule has 0 unspecified atom stereocenters. The van der Waals surface area contributed by atoms with Gasteiger partial charge in [0.1, 0.15) is 0 Å². The topological polar surface area (TPSA) is 41.5 Å². The van der Waals surface area contributed by atoms with Crippen molar-refractivity contribution >= 4 is 17.2 Å². The molecule has 0 saturated carbocycles. The van der Waals surface area contributed by atoms with Crippen LogP contribution in [-0.4, -0.2) is 18.2 Å². The highest BCUT2D eigenvalue weighted by Gasteiger charge is 2.01. The summed E-state index contributed by atoms with van der Waals surface area (Å²) in [5.41, 5.74) is 3.47. The molecular formula is C18H26N2O. The predicted molar refractivity (Wildman–Crippen MR) is 90.5 cm³/mol. The van der Waals surface area contributed by atoms with Crippen molar-refractivity contribution in [3.05, 3.63) is 42.0 Å². The lowest BCUT2D eigenvalue weighted by Crippen LogP contribution is -2.27. The second-order valence-electron chi connectivity index (χ2n) is 5.20. The molecule has 0 radical (unpaired) electrons. The molecule has 3 nitrogen and oxygen atoms in total. The van der Waals surface area contributed by atoms with Gasteiger partial charge in [0.2, 0.25) is 0 Å². The summed E-state index contributed by atoms with van der Waals surface area (Å²) in [6.45, 7) is 11.1. The Balaban J connectivity index is 2.55. The van der Waals surface area contributed by atoms with Crippen molar-refractivity contribution in [1.29, 1.82) is 0 Å². The van der Waals surface area contributed by atoms with Crippen molar-refractivity contribution in [3.63, 3.8) is 0 Å². The summed E-state index contributed by atoms with van der Waals surface area (Å²) in [5.74, 6) is 1.03. The first-order valence-corrected chi connectivity index (χ1v) is 7.60. The number of hydrogen-bond donors (Lipinski definition) is 1. The van der Waals surface area contributed by atoms with Gasteiger partial charge in [-0.2, -0.15) is 0 Å². The van der Waals surface area contributed by atoms with Gasteiger partial charge in [0.05, 0.1) is 18.9 Å². The Bertz CT molecular complexity index is 518. The van der Waals surface area contributed by atoms with E-state index in [1.807, 2.05) is 19.9 Å². The number of nitrogens with one attached hydrogen (secondary N) is 1. The first-order chi connectivity index (χ1) is 10.1. The van der Waals surface area contributed by atoms with Gasteiger partial charge in [0.15, 0.2) is 5.78 Å². The maximum absolute atomic E-state index is 11.4. The fraction of sp³-hybridized carbons (Fsp3) is 0.444.